The zero-order valence-electron chi connectivity index (χ0n) is 18.4. The number of carbonyl (C=O) groups excluding carboxylic acids is 2. The van der Waals surface area contributed by atoms with Gasteiger partial charge in [0.1, 0.15) is 18.2 Å². The van der Waals surface area contributed by atoms with E-state index in [4.69, 9.17) is 4.74 Å². The fourth-order valence-corrected chi connectivity index (χ4v) is 5.04. The van der Waals surface area contributed by atoms with Crippen LogP contribution in [0.1, 0.15) is 16.7 Å². The number of thioether (sulfide) groups is 1. The Balaban J connectivity index is 1.37. The largest absolute Gasteiger partial charge is 0.488 e. The predicted octanol–water partition coefficient (Wildman–Crippen LogP) is 7.56. The SMILES string of the molecule is O=C1S/C(=C\c2cc(Br)ccc2OCc2ccccc2F)C(=O)N1Cc1ccc2ccccc2c1. The first-order valence-electron chi connectivity index (χ1n) is 10.9. The van der Waals surface area contributed by atoms with Crippen molar-refractivity contribution < 1.29 is 18.7 Å². The third-order valence-electron chi connectivity index (χ3n) is 5.63. The lowest BCUT2D eigenvalue weighted by molar-refractivity contribution is -0.123. The second kappa shape index (κ2) is 10.1. The highest BCUT2D eigenvalue weighted by molar-refractivity contribution is 9.10. The summed E-state index contributed by atoms with van der Waals surface area (Å²) in [6.45, 7) is 0.237. The Bertz CT molecular complexity index is 1490. The second-order valence-electron chi connectivity index (χ2n) is 8.01. The van der Waals surface area contributed by atoms with Crippen LogP contribution in [-0.4, -0.2) is 16.0 Å². The van der Waals surface area contributed by atoms with E-state index in [0.717, 1.165) is 32.6 Å². The van der Waals surface area contributed by atoms with Crippen LogP contribution >= 0.6 is 27.7 Å². The molecule has 4 aromatic rings. The lowest BCUT2D eigenvalue weighted by atomic mass is 10.1. The van der Waals surface area contributed by atoms with Crippen LogP contribution in [0, 0.1) is 5.82 Å². The summed E-state index contributed by atoms with van der Waals surface area (Å²) in [4.78, 5) is 27.4. The average molecular weight is 548 g/mol. The third kappa shape index (κ3) is 5.16. The monoisotopic (exact) mass is 547 g/mol. The summed E-state index contributed by atoms with van der Waals surface area (Å²) in [5, 5.41) is 1.83. The zero-order chi connectivity index (χ0) is 24.4. The summed E-state index contributed by atoms with van der Waals surface area (Å²) in [7, 11) is 0. The molecular formula is C28H19BrFNO3S. The quantitative estimate of drug-likeness (QED) is 0.234. The summed E-state index contributed by atoms with van der Waals surface area (Å²) in [5.74, 6) is -0.216. The van der Waals surface area contributed by atoms with E-state index >= 15 is 0 Å². The van der Waals surface area contributed by atoms with E-state index < -0.39 is 0 Å². The lowest BCUT2D eigenvalue weighted by Gasteiger charge is -2.13. The number of carbonyl (C=O) groups is 2. The highest BCUT2D eigenvalue weighted by Gasteiger charge is 2.35. The molecule has 7 heteroatoms. The number of hydrogen-bond donors (Lipinski definition) is 0. The molecule has 1 fully saturated rings. The lowest BCUT2D eigenvalue weighted by Crippen LogP contribution is -2.27. The molecule has 0 N–H and O–H groups in total. The maximum atomic E-state index is 14.0. The Kier molecular flexibility index (Phi) is 6.70. The Hall–Kier alpha value is -3.42. The van der Waals surface area contributed by atoms with Gasteiger partial charge in [-0.25, -0.2) is 4.39 Å². The minimum Gasteiger partial charge on any atom is -0.488 e. The maximum absolute atomic E-state index is 14.0. The normalized spacial score (nSPS) is 14.8. The van der Waals surface area contributed by atoms with Gasteiger partial charge in [-0.05, 0) is 64.5 Å². The van der Waals surface area contributed by atoms with Crippen molar-refractivity contribution in [2.24, 2.45) is 0 Å². The number of amides is 2. The van der Waals surface area contributed by atoms with E-state index in [1.807, 2.05) is 42.5 Å². The van der Waals surface area contributed by atoms with E-state index in [-0.39, 0.29) is 30.1 Å². The van der Waals surface area contributed by atoms with Crippen LogP contribution in [0.4, 0.5) is 9.18 Å². The van der Waals surface area contributed by atoms with Gasteiger partial charge in [-0.15, -0.1) is 0 Å². The fraction of sp³-hybridized carbons (Fsp3) is 0.0714. The van der Waals surface area contributed by atoms with Gasteiger partial charge in [0.2, 0.25) is 0 Å². The molecule has 4 nitrogen and oxygen atoms in total. The van der Waals surface area contributed by atoms with Crippen LogP contribution < -0.4 is 4.74 Å². The third-order valence-corrected chi connectivity index (χ3v) is 7.03. The Morgan fingerprint density at radius 1 is 0.914 bits per heavy atom. The molecule has 1 aliphatic heterocycles. The van der Waals surface area contributed by atoms with Gasteiger partial charge in [0, 0.05) is 15.6 Å². The molecule has 0 spiro atoms. The molecule has 35 heavy (non-hydrogen) atoms. The van der Waals surface area contributed by atoms with Gasteiger partial charge >= 0.3 is 0 Å². The van der Waals surface area contributed by atoms with Crippen molar-refractivity contribution in [1.82, 2.24) is 4.90 Å². The number of imide groups is 1. The number of hydrogen-bond acceptors (Lipinski definition) is 4. The van der Waals surface area contributed by atoms with E-state index in [9.17, 15) is 14.0 Å². The molecule has 1 heterocycles. The first-order chi connectivity index (χ1) is 17.0. The summed E-state index contributed by atoms with van der Waals surface area (Å²) >= 11 is 4.34. The molecule has 2 amide bonds. The molecule has 0 radical (unpaired) electrons. The molecule has 1 saturated heterocycles. The number of benzene rings is 4. The van der Waals surface area contributed by atoms with Crippen LogP contribution in [0.3, 0.4) is 0 Å². The van der Waals surface area contributed by atoms with Gasteiger partial charge < -0.3 is 4.74 Å². The van der Waals surface area contributed by atoms with Gasteiger partial charge in [-0.2, -0.15) is 0 Å². The molecule has 4 aromatic carbocycles. The van der Waals surface area contributed by atoms with Gasteiger partial charge in [0.15, 0.2) is 0 Å². The number of rotatable bonds is 6. The van der Waals surface area contributed by atoms with Crippen LogP contribution in [0.15, 0.2) is 94.3 Å². The smallest absolute Gasteiger partial charge is 0.293 e. The molecule has 0 unspecified atom stereocenters. The Labute approximate surface area is 214 Å². The first-order valence-corrected chi connectivity index (χ1v) is 12.5. The number of halogens is 2. The molecule has 0 aliphatic carbocycles. The van der Waals surface area contributed by atoms with E-state index in [0.29, 0.717) is 21.8 Å². The Morgan fingerprint density at radius 2 is 1.69 bits per heavy atom. The maximum Gasteiger partial charge on any atom is 0.293 e. The minimum atomic E-state index is -0.354. The van der Waals surface area contributed by atoms with Crippen LogP contribution in [-0.2, 0) is 17.9 Å². The molecule has 174 valence electrons. The first kappa shape index (κ1) is 23.3. The van der Waals surface area contributed by atoms with Crippen molar-refractivity contribution in [2.75, 3.05) is 0 Å². The summed E-state index contributed by atoms with van der Waals surface area (Å²) < 4.78 is 20.7. The molecule has 0 saturated carbocycles. The number of nitrogens with zero attached hydrogens (tertiary/aromatic N) is 1. The van der Waals surface area contributed by atoms with Crippen molar-refractivity contribution >= 4 is 55.7 Å². The van der Waals surface area contributed by atoms with Gasteiger partial charge in [0.05, 0.1) is 11.4 Å². The standard InChI is InChI=1S/C28H19BrFNO3S/c29-23-11-12-25(34-17-21-7-3-4-8-24(21)30)22(14-23)15-26-27(32)31(28(33)35-26)16-18-9-10-19-5-1-2-6-20(19)13-18/h1-15H,16-17H2/b26-15-. The molecule has 0 bridgehead atoms. The van der Waals surface area contributed by atoms with E-state index in [1.54, 1.807) is 42.5 Å². The van der Waals surface area contributed by atoms with Gasteiger partial charge in [-0.3, -0.25) is 14.5 Å². The average Bonchev–Trinajstić information content (AvgIpc) is 3.11. The van der Waals surface area contributed by atoms with Crippen molar-refractivity contribution in [3.8, 4) is 5.75 Å². The molecular weight excluding hydrogens is 529 g/mol. The molecule has 0 aromatic heterocycles. The van der Waals surface area contributed by atoms with Crippen LogP contribution in [0.25, 0.3) is 16.8 Å². The highest BCUT2D eigenvalue weighted by Crippen LogP contribution is 2.36. The second-order valence-corrected chi connectivity index (χ2v) is 9.92. The number of ether oxygens (including phenoxy) is 1. The van der Waals surface area contributed by atoms with Crippen molar-refractivity contribution in [1.29, 1.82) is 0 Å². The van der Waals surface area contributed by atoms with Crippen molar-refractivity contribution in [3.63, 3.8) is 0 Å². The highest BCUT2D eigenvalue weighted by atomic mass is 79.9. The zero-order valence-corrected chi connectivity index (χ0v) is 20.8. The minimum absolute atomic E-state index is 0.0403. The predicted molar refractivity (Wildman–Crippen MR) is 140 cm³/mol. The van der Waals surface area contributed by atoms with E-state index in [1.165, 1.54) is 11.0 Å². The van der Waals surface area contributed by atoms with E-state index in [2.05, 4.69) is 15.9 Å². The van der Waals surface area contributed by atoms with Gasteiger partial charge in [0.25, 0.3) is 11.1 Å². The molecule has 5 rings (SSSR count). The van der Waals surface area contributed by atoms with Crippen molar-refractivity contribution in [3.05, 3.63) is 117 Å². The molecule has 0 atom stereocenters. The molecule has 1 aliphatic rings. The summed E-state index contributed by atoms with van der Waals surface area (Å²) in [6.07, 6.45) is 1.65. The topological polar surface area (TPSA) is 46.6 Å². The summed E-state index contributed by atoms with van der Waals surface area (Å²) in [5.41, 5.74) is 1.92. The number of fused-ring (bicyclic) bond motifs is 1. The van der Waals surface area contributed by atoms with Crippen molar-refractivity contribution in [2.45, 2.75) is 13.2 Å². The summed E-state index contributed by atoms with van der Waals surface area (Å²) in [6, 6.07) is 25.6. The van der Waals surface area contributed by atoms with Crippen LogP contribution in [0.5, 0.6) is 5.75 Å². The van der Waals surface area contributed by atoms with Gasteiger partial charge in [-0.1, -0.05) is 70.5 Å². The Morgan fingerprint density at radius 3 is 2.51 bits per heavy atom. The van der Waals surface area contributed by atoms with Crippen LogP contribution in [0.2, 0.25) is 0 Å². The fourth-order valence-electron chi connectivity index (χ4n) is 3.83.